The summed E-state index contributed by atoms with van der Waals surface area (Å²) in [7, 11) is 0. The Kier molecular flexibility index (Phi) is 7.70. The summed E-state index contributed by atoms with van der Waals surface area (Å²) in [5, 5.41) is 12.1. The fourth-order valence-corrected chi connectivity index (χ4v) is 8.91. The zero-order valence-corrected chi connectivity index (χ0v) is 31.2. The van der Waals surface area contributed by atoms with Gasteiger partial charge in [-0.05, 0) is 68.8 Å². The maximum atomic E-state index is 10.3. The van der Waals surface area contributed by atoms with Crippen molar-refractivity contribution in [3.05, 3.63) is 222 Å². The molecule has 8 aromatic carbocycles. The first-order valence-corrected chi connectivity index (χ1v) is 19.3. The number of furan rings is 1. The van der Waals surface area contributed by atoms with Crippen LogP contribution in [0.3, 0.4) is 0 Å². The van der Waals surface area contributed by atoms with Gasteiger partial charge in [-0.25, -0.2) is 15.0 Å². The summed E-state index contributed by atoms with van der Waals surface area (Å²) in [6.07, 6.45) is 0. The smallest absolute Gasteiger partial charge is 0.164 e. The minimum atomic E-state index is -0.644. The molecule has 10 aromatic rings. The lowest BCUT2D eigenvalue weighted by molar-refractivity contribution is 0.668. The fourth-order valence-electron chi connectivity index (χ4n) is 8.91. The molecule has 5 nitrogen and oxygen atoms in total. The van der Waals surface area contributed by atoms with Gasteiger partial charge in [0, 0.05) is 27.5 Å². The first kappa shape index (κ1) is 33.4. The van der Waals surface area contributed by atoms with Crippen LogP contribution in [0.25, 0.3) is 78.4 Å². The van der Waals surface area contributed by atoms with Crippen molar-refractivity contribution in [3.63, 3.8) is 0 Å². The maximum Gasteiger partial charge on any atom is 0.164 e. The van der Waals surface area contributed by atoms with Crippen LogP contribution in [0.2, 0.25) is 0 Å². The Bertz CT molecular complexity index is 3110. The van der Waals surface area contributed by atoms with Gasteiger partial charge in [0.2, 0.25) is 0 Å². The van der Waals surface area contributed by atoms with Gasteiger partial charge in [0.15, 0.2) is 17.5 Å². The Morgan fingerprint density at radius 3 is 1.48 bits per heavy atom. The Balaban J connectivity index is 1.11. The summed E-state index contributed by atoms with van der Waals surface area (Å²) < 4.78 is 6.46. The Morgan fingerprint density at radius 1 is 0.414 bits per heavy atom. The van der Waals surface area contributed by atoms with Crippen molar-refractivity contribution in [2.75, 3.05) is 0 Å². The second kappa shape index (κ2) is 13.4. The Hall–Kier alpha value is -7.94. The van der Waals surface area contributed by atoms with E-state index >= 15 is 0 Å². The zero-order chi connectivity index (χ0) is 38.6. The molecule has 0 unspecified atom stereocenters. The molecular weight excluding hydrogens is 709 g/mol. The highest BCUT2D eigenvalue weighted by Gasteiger charge is 2.47. The lowest BCUT2D eigenvalue weighted by atomic mass is 9.67. The molecule has 0 saturated carbocycles. The van der Waals surface area contributed by atoms with E-state index in [-0.39, 0.29) is 0 Å². The van der Waals surface area contributed by atoms with E-state index in [0.717, 1.165) is 60.9 Å². The predicted octanol–water partition coefficient (Wildman–Crippen LogP) is 12.7. The third-order valence-corrected chi connectivity index (χ3v) is 11.5. The topological polar surface area (TPSA) is 75.6 Å². The molecule has 11 rings (SSSR count). The van der Waals surface area contributed by atoms with Crippen molar-refractivity contribution in [2.24, 2.45) is 0 Å². The molecule has 0 amide bonds. The van der Waals surface area contributed by atoms with Crippen LogP contribution in [0, 0.1) is 11.3 Å². The molecule has 0 saturated heterocycles. The van der Waals surface area contributed by atoms with Crippen LogP contribution in [0.5, 0.6) is 0 Å². The van der Waals surface area contributed by atoms with Crippen molar-refractivity contribution in [2.45, 2.75) is 5.41 Å². The monoisotopic (exact) mass is 740 g/mol. The molecule has 0 aliphatic heterocycles. The molecule has 0 radical (unpaired) electrons. The molecule has 0 atom stereocenters. The molecule has 2 aromatic heterocycles. The van der Waals surface area contributed by atoms with E-state index in [0.29, 0.717) is 28.6 Å². The quantitative estimate of drug-likeness (QED) is 0.170. The van der Waals surface area contributed by atoms with E-state index in [1.165, 1.54) is 16.7 Å². The van der Waals surface area contributed by atoms with Gasteiger partial charge in [-0.15, -0.1) is 0 Å². The van der Waals surface area contributed by atoms with Crippen LogP contribution in [0.1, 0.15) is 27.8 Å². The predicted molar refractivity (Wildman–Crippen MR) is 231 cm³/mol. The van der Waals surface area contributed by atoms with Gasteiger partial charge in [-0.1, -0.05) is 170 Å². The number of hydrogen-bond donors (Lipinski definition) is 0. The van der Waals surface area contributed by atoms with Gasteiger partial charge in [0.25, 0.3) is 0 Å². The molecule has 0 N–H and O–H groups in total. The molecule has 0 spiro atoms. The highest BCUT2D eigenvalue weighted by atomic mass is 16.3. The minimum absolute atomic E-state index is 0.602. The van der Waals surface area contributed by atoms with Crippen LogP contribution in [0.15, 0.2) is 199 Å². The van der Waals surface area contributed by atoms with Crippen molar-refractivity contribution >= 4 is 21.9 Å². The second-order valence-electron chi connectivity index (χ2n) is 14.6. The lowest BCUT2D eigenvalue weighted by Gasteiger charge is -2.34. The molecule has 1 aliphatic rings. The van der Waals surface area contributed by atoms with E-state index in [4.69, 9.17) is 19.4 Å². The van der Waals surface area contributed by atoms with E-state index in [9.17, 15) is 5.26 Å². The van der Waals surface area contributed by atoms with Crippen molar-refractivity contribution in [3.8, 4) is 62.5 Å². The molecule has 1 aliphatic carbocycles. The summed E-state index contributed by atoms with van der Waals surface area (Å²) in [6.45, 7) is 0. The van der Waals surface area contributed by atoms with E-state index < -0.39 is 5.41 Å². The standard InChI is InChI=1S/C53H32N4O/c54-33-39-18-13-23-45-47(39)49-46(58-45)31-30-43-48(49)42-29-28-38(32-44(42)53(43,40-19-9-3-10-20-40)41-21-11-4-12-22-41)34-24-26-37(27-25-34)52-56-50(35-14-5-1-6-15-35)55-51(57-52)36-16-7-2-8-17-36/h1-32H. The Morgan fingerprint density at radius 2 is 0.914 bits per heavy atom. The summed E-state index contributed by atoms with van der Waals surface area (Å²) in [5.41, 5.74) is 13.3. The minimum Gasteiger partial charge on any atom is -0.456 e. The van der Waals surface area contributed by atoms with Gasteiger partial charge in [0.1, 0.15) is 11.2 Å². The second-order valence-corrected chi connectivity index (χ2v) is 14.6. The molecule has 0 fully saturated rings. The Labute approximate surface area is 335 Å². The zero-order valence-electron chi connectivity index (χ0n) is 31.2. The summed E-state index contributed by atoms with van der Waals surface area (Å²) in [6, 6.07) is 69.4. The lowest BCUT2D eigenvalue weighted by Crippen LogP contribution is -2.28. The number of rotatable bonds is 6. The van der Waals surface area contributed by atoms with Crippen molar-refractivity contribution in [1.82, 2.24) is 15.0 Å². The van der Waals surface area contributed by atoms with Gasteiger partial charge < -0.3 is 4.42 Å². The maximum absolute atomic E-state index is 10.3. The number of hydrogen-bond acceptors (Lipinski definition) is 5. The van der Waals surface area contributed by atoms with Crippen LogP contribution in [-0.2, 0) is 5.41 Å². The number of aromatic nitrogens is 3. The van der Waals surface area contributed by atoms with Crippen LogP contribution >= 0.6 is 0 Å². The third-order valence-electron chi connectivity index (χ3n) is 11.5. The summed E-state index contributed by atoms with van der Waals surface area (Å²) in [5.74, 6) is 1.88. The third kappa shape index (κ3) is 5.13. The van der Waals surface area contributed by atoms with E-state index in [1.54, 1.807) is 0 Å². The average molecular weight is 741 g/mol. The van der Waals surface area contributed by atoms with Gasteiger partial charge in [-0.3, -0.25) is 0 Å². The van der Waals surface area contributed by atoms with Gasteiger partial charge >= 0.3 is 0 Å². The normalized spacial score (nSPS) is 12.6. The fraction of sp³-hybridized carbons (Fsp3) is 0.0189. The summed E-state index contributed by atoms with van der Waals surface area (Å²) >= 11 is 0. The number of nitriles is 1. The number of fused-ring (bicyclic) bond motifs is 7. The molecule has 5 heteroatoms. The van der Waals surface area contributed by atoms with Crippen molar-refractivity contribution in [1.29, 1.82) is 5.26 Å². The largest absolute Gasteiger partial charge is 0.456 e. The van der Waals surface area contributed by atoms with E-state index in [1.807, 2.05) is 78.9 Å². The van der Waals surface area contributed by atoms with E-state index in [2.05, 4.69) is 121 Å². The van der Waals surface area contributed by atoms with Crippen LogP contribution in [-0.4, -0.2) is 15.0 Å². The molecule has 270 valence electrons. The molecular formula is C53H32N4O. The van der Waals surface area contributed by atoms with Gasteiger partial charge in [-0.2, -0.15) is 5.26 Å². The number of benzene rings is 8. The number of nitrogens with zero attached hydrogens (tertiary/aromatic N) is 4. The highest BCUT2D eigenvalue weighted by molar-refractivity contribution is 6.17. The average Bonchev–Trinajstić information content (AvgIpc) is 3.84. The first-order valence-electron chi connectivity index (χ1n) is 19.3. The SMILES string of the molecule is N#Cc1cccc2oc3ccc4c(c3c12)-c1ccc(-c2ccc(-c3nc(-c5ccccc5)nc(-c5ccccc5)n3)cc2)cc1C4(c1ccccc1)c1ccccc1. The van der Waals surface area contributed by atoms with Crippen LogP contribution in [0.4, 0.5) is 0 Å². The first-order chi connectivity index (χ1) is 28.7. The van der Waals surface area contributed by atoms with Gasteiger partial charge in [0.05, 0.1) is 17.0 Å². The van der Waals surface area contributed by atoms with Crippen LogP contribution < -0.4 is 0 Å². The summed E-state index contributed by atoms with van der Waals surface area (Å²) in [4.78, 5) is 14.8. The molecule has 2 heterocycles. The molecule has 0 bridgehead atoms. The van der Waals surface area contributed by atoms with Crippen molar-refractivity contribution < 1.29 is 4.42 Å². The molecule has 58 heavy (non-hydrogen) atoms. The highest BCUT2D eigenvalue weighted by Crippen LogP contribution is 2.59.